The number of phosphoric ester groups is 1. The van der Waals surface area contributed by atoms with E-state index in [1.807, 2.05) is 0 Å². The molecule has 0 bridgehead atoms. The van der Waals surface area contributed by atoms with Crippen LogP contribution in [0.2, 0.25) is 0 Å². The number of carboxylic acids is 1. The quantitative estimate of drug-likeness (QED) is 0.256. The van der Waals surface area contributed by atoms with E-state index in [-0.39, 0.29) is 18.0 Å². The number of rotatable bonds is 6. The number of carbonyl (C=O) groups is 1. The van der Waals surface area contributed by atoms with Crippen LogP contribution in [0.1, 0.15) is 0 Å². The summed E-state index contributed by atoms with van der Waals surface area (Å²) in [6.07, 6.45) is -2.12. The van der Waals surface area contributed by atoms with E-state index in [0.717, 1.165) is 0 Å². The molecule has 16 heavy (non-hydrogen) atoms. The first kappa shape index (κ1) is 18.6. The molecular weight excluding hydrogens is 333 g/mol. The van der Waals surface area contributed by atoms with Crippen LogP contribution in [0.4, 0.5) is 0 Å². The molecule has 0 saturated carbocycles. The first-order chi connectivity index (χ1) is 6.57. The van der Waals surface area contributed by atoms with Crippen molar-refractivity contribution in [3.8, 4) is 0 Å². The molecule has 3 atom stereocenters. The van der Waals surface area contributed by atoms with Crippen molar-refractivity contribution in [2.75, 3.05) is 6.61 Å². The normalized spacial score (nSPS) is 17.0. The van der Waals surface area contributed by atoms with Crippen LogP contribution >= 0.6 is 15.6 Å². The van der Waals surface area contributed by atoms with Crippen molar-refractivity contribution in [2.24, 2.45) is 0 Å². The maximum atomic E-state index is 10.7. The molecule has 0 fully saturated rings. The van der Waals surface area contributed by atoms with E-state index in [2.05, 4.69) is 8.83 Å². The second kappa shape index (κ2) is 6.86. The van der Waals surface area contributed by atoms with E-state index in [1.54, 1.807) is 0 Å². The number of aliphatic hydroxyl groups excluding tert-OH is 1. The van der Waals surface area contributed by atoms with Gasteiger partial charge in [0.05, 0.1) is 6.61 Å². The molecule has 0 aromatic rings. The minimum absolute atomic E-state index is 0. The van der Waals surface area contributed by atoms with Gasteiger partial charge in [-0.3, -0.25) is 4.52 Å². The second-order valence-electron chi connectivity index (χ2n) is 2.16. The Hall–Kier alpha value is 0.248. The Morgan fingerprint density at radius 3 is 1.94 bits per heavy atom. The zero-order valence-corrected chi connectivity index (χ0v) is 12.4. The summed E-state index contributed by atoms with van der Waals surface area (Å²) < 4.78 is 27.9. The van der Waals surface area contributed by atoms with Crippen LogP contribution in [0.15, 0.2) is 0 Å². The molecule has 3 unspecified atom stereocenters. The van der Waals surface area contributed by atoms with Gasteiger partial charge in [-0.1, -0.05) is 0 Å². The van der Waals surface area contributed by atoms with Gasteiger partial charge < -0.3 is 24.9 Å². The molecule has 0 radical (unpaired) electrons. The van der Waals surface area contributed by atoms with Gasteiger partial charge in [-0.15, -0.1) is 0 Å². The Kier molecular flexibility index (Phi) is 7.97. The van der Waals surface area contributed by atoms with E-state index in [1.165, 1.54) is 0 Å². The van der Waals surface area contributed by atoms with Crippen molar-refractivity contribution >= 4 is 39.6 Å². The molecule has 98 valence electrons. The van der Waals surface area contributed by atoms with Crippen LogP contribution in [0, 0.1) is 0 Å². The summed E-state index contributed by atoms with van der Waals surface area (Å²) in [6, 6.07) is 0. The van der Waals surface area contributed by atoms with Crippen LogP contribution in [0.5, 0.6) is 0 Å². The van der Waals surface area contributed by atoms with Gasteiger partial charge in [-0.25, -0.2) is 13.9 Å². The summed E-state index contributed by atoms with van der Waals surface area (Å²) in [5.74, 6) is -1.79. The van der Waals surface area contributed by atoms with Gasteiger partial charge in [0.25, 0.3) is 0 Å². The van der Waals surface area contributed by atoms with Crippen LogP contribution in [0.25, 0.3) is 0 Å². The molecule has 0 aromatic carbocycles. The fraction of sp³-hybridized carbons (Fsp3) is 0.667. The number of aliphatic hydroxyl groups is 1. The first-order valence-electron chi connectivity index (χ1n) is 3.19. The number of aliphatic carboxylic acids is 1. The van der Waals surface area contributed by atoms with Gasteiger partial charge in [0, 0.05) is 0 Å². The topological polar surface area (TPSA) is 171 Å². The van der Waals surface area contributed by atoms with Crippen LogP contribution in [-0.2, 0) is 22.8 Å². The standard InChI is InChI=1S/C3H8O10P2.AsH3/c4-1-2(3(5)6)12-15(10,11)13-14(7,8)9;/h2,4H,1H2,(H,5,6)(H,10,11)(H2,7,8,9);1H3. The summed E-state index contributed by atoms with van der Waals surface area (Å²) in [5, 5.41) is 16.6. The van der Waals surface area contributed by atoms with Crippen LogP contribution in [-0.4, -0.2) is 61.5 Å². The molecule has 0 amide bonds. The molecule has 0 spiro atoms. The summed E-state index contributed by atoms with van der Waals surface area (Å²) in [5.41, 5.74) is 0. The molecule has 5 N–H and O–H groups in total. The molecule has 0 heterocycles. The predicted molar refractivity (Wildman–Crippen MR) is 52.5 cm³/mol. The summed E-state index contributed by atoms with van der Waals surface area (Å²) in [7, 11) is -10.5. The van der Waals surface area contributed by atoms with Crippen LogP contribution in [0.3, 0.4) is 0 Å². The average molecular weight is 344 g/mol. The fourth-order valence-electron chi connectivity index (χ4n) is 0.471. The third-order valence-electron chi connectivity index (χ3n) is 0.911. The molecule has 0 aliphatic heterocycles. The van der Waals surface area contributed by atoms with E-state index >= 15 is 0 Å². The number of hydrogen-bond acceptors (Lipinski definition) is 6. The number of hydrogen-bond donors (Lipinski definition) is 5. The first-order valence-corrected chi connectivity index (χ1v) is 6.22. The van der Waals surface area contributed by atoms with E-state index in [9.17, 15) is 13.9 Å². The van der Waals surface area contributed by atoms with Crippen molar-refractivity contribution in [2.45, 2.75) is 6.10 Å². The minimum atomic E-state index is -5.30. The Morgan fingerprint density at radius 2 is 1.69 bits per heavy atom. The summed E-state index contributed by atoms with van der Waals surface area (Å²) >= 11 is 0. The third-order valence-corrected chi connectivity index (χ3v) is 3.11. The Labute approximate surface area is 100 Å². The zero-order chi connectivity index (χ0) is 12.3. The third kappa shape index (κ3) is 8.41. The Bertz CT molecular complexity index is 322. The predicted octanol–water partition coefficient (Wildman–Crippen LogP) is -2.53. The Morgan fingerprint density at radius 1 is 1.25 bits per heavy atom. The second-order valence-corrected chi connectivity index (χ2v) is 4.94. The molecule has 0 aliphatic rings. The van der Waals surface area contributed by atoms with Crippen molar-refractivity contribution in [3.63, 3.8) is 0 Å². The zero-order valence-electron chi connectivity index (χ0n) is 7.66. The van der Waals surface area contributed by atoms with Gasteiger partial charge in [0.2, 0.25) is 0 Å². The van der Waals surface area contributed by atoms with Crippen LogP contribution < -0.4 is 0 Å². The molecular formula is C3H11AsO10P2. The molecule has 0 rings (SSSR count). The molecule has 0 aliphatic carbocycles. The molecule has 0 aromatic heterocycles. The number of carboxylic acid groups (broad SMARTS) is 1. The molecule has 13 heteroatoms. The average Bonchev–Trinajstić information content (AvgIpc) is 1.94. The van der Waals surface area contributed by atoms with Crippen molar-refractivity contribution < 1.29 is 47.7 Å². The van der Waals surface area contributed by atoms with E-state index < -0.39 is 34.3 Å². The van der Waals surface area contributed by atoms with Gasteiger partial charge >= 0.3 is 39.6 Å². The van der Waals surface area contributed by atoms with Gasteiger partial charge in [-0.2, -0.15) is 4.31 Å². The van der Waals surface area contributed by atoms with Crippen molar-refractivity contribution in [1.82, 2.24) is 0 Å². The maximum absolute atomic E-state index is 10.7. The van der Waals surface area contributed by atoms with Gasteiger partial charge in [-0.05, 0) is 0 Å². The molecule has 10 nitrogen and oxygen atoms in total. The van der Waals surface area contributed by atoms with Crippen molar-refractivity contribution in [3.05, 3.63) is 0 Å². The SMILES string of the molecule is O=C(O)C(CO)OP(=O)(O)OP(=O)(O)O.[AsH3]. The van der Waals surface area contributed by atoms with Gasteiger partial charge in [0.1, 0.15) is 0 Å². The van der Waals surface area contributed by atoms with Crippen molar-refractivity contribution in [1.29, 1.82) is 0 Å². The number of phosphoric acid groups is 2. The van der Waals surface area contributed by atoms with Gasteiger partial charge in [0.15, 0.2) is 6.10 Å². The monoisotopic (exact) mass is 344 g/mol. The van der Waals surface area contributed by atoms with E-state index in [4.69, 9.17) is 24.9 Å². The fourth-order valence-corrected chi connectivity index (χ4v) is 2.18. The summed E-state index contributed by atoms with van der Waals surface area (Å²) in [4.78, 5) is 35.1. The molecule has 0 saturated heterocycles. The van der Waals surface area contributed by atoms with E-state index in [0.29, 0.717) is 0 Å². The summed E-state index contributed by atoms with van der Waals surface area (Å²) in [6.45, 7) is -1.16. The Balaban J connectivity index is 0.